The number of rotatable bonds is 3. The van der Waals surface area contributed by atoms with Gasteiger partial charge in [0.05, 0.1) is 11.6 Å². The van der Waals surface area contributed by atoms with Crippen LogP contribution in [0.1, 0.15) is 24.4 Å². The van der Waals surface area contributed by atoms with Crippen molar-refractivity contribution in [2.45, 2.75) is 25.4 Å². The molecule has 1 aromatic heterocycles. The third kappa shape index (κ3) is 3.09. The molecule has 130 valence electrons. The number of para-hydroxylation sites is 2. The predicted octanol–water partition coefficient (Wildman–Crippen LogP) is 3.71. The average Bonchev–Trinajstić information content (AvgIpc) is 2.94. The van der Waals surface area contributed by atoms with E-state index in [0.717, 1.165) is 36.5 Å². The fourth-order valence-corrected chi connectivity index (χ4v) is 3.61. The Morgan fingerprint density at radius 1 is 1.12 bits per heavy atom. The van der Waals surface area contributed by atoms with E-state index in [2.05, 4.69) is 4.90 Å². The summed E-state index contributed by atoms with van der Waals surface area (Å²) in [7, 11) is 0. The highest BCUT2D eigenvalue weighted by atomic mass is 19.2. The van der Waals surface area contributed by atoms with Gasteiger partial charge in [0.15, 0.2) is 17.2 Å². The van der Waals surface area contributed by atoms with Crippen LogP contribution < -0.4 is 5.76 Å². The topological polar surface area (TPSA) is 38.4 Å². The highest BCUT2D eigenvalue weighted by molar-refractivity contribution is 5.72. The van der Waals surface area contributed by atoms with Crippen molar-refractivity contribution < 1.29 is 13.2 Å². The summed E-state index contributed by atoms with van der Waals surface area (Å²) in [6.45, 7) is 2.06. The number of aromatic nitrogens is 1. The summed E-state index contributed by atoms with van der Waals surface area (Å²) in [5.74, 6) is -2.01. The van der Waals surface area contributed by atoms with E-state index >= 15 is 0 Å². The number of halogens is 2. The third-order valence-corrected chi connectivity index (χ3v) is 4.75. The van der Waals surface area contributed by atoms with E-state index in [0.29, 0.717) is 18.7 Å². The van der Waals surface area contributed by atoms with E-state index in [1.54, 1.807) is 16.7 Å². The molecule has 1 aliphatic rings. The molecule has 4 rings (SSSR count). The third-order valence-electron chi connectivity index (χ3n) is 4.75. The van der Waals surface area contributed by atoms with E-state index in [1.165, 1.54) is 6.07 Å². The maximum absolute atomic E-state index is 13.4. The summed E-state index contributed by atoms with van der Waals surface area (Å²) < 4.78 is 33.5. The Balaban J connectivity index is 1.57. The van der Waals surface area contributed by atoms with Crippen LogP contribution in [-0.2, 0) is 6.54 Å². The van der Waals surface area contributed by atoms with E-state index in [9.17, 15) is 13.6 Å². The second kappa shape index (κ2) is 6.44. The average molecular weight is 344 g/mol. The molecular weight excluding hydrogens is 326 g/mol. The van der Waals surface area contributed by atoms with Gasteiger partial charge in [-0.3, -0.25) is 9.47 Å². The lowest BCUT2D eigenvalue weighted by Gasteiger charge is -2.33. The number of hydrogen-bond donors (Lipinski definition) is 0. The molecule has 1 aliphatic heterocycles. The van der Waals surface area contributed by atoms with Crippen molar-refractivity contribution in [3.63, 3.8) is 0 Å². The van der Waals surface area contributed by atoms with Crippen molar-refractivity contribution in [2.75, 3.05) is 13.1 Å². The van der Waals surface area contributed by atoms with Crippen molar-refractivity contribution in [3.05, 3.63) is 70.2 Å². The van der Waals surface area contributed by atoms with Gasteiger partial charge in [0.2, 0.25) is 0 Å². The van der Waals surface area contributed by atoms with Crippen LogP contribution in [0.4, 0.5) is 8.78 Å². The van der Waals surface area contributed by atoms with Crippen LogP contribution in [0.2, 0.25) is 0 Å². The SMILES string of the molecule is O=c1oc2ccccc2n1[C@@H]1CCCN(Cc2ccc(F)c(F)c2)C1. The van der Waals surface area contributed by atoms with Gasteiger partial charge in [-0.25, -0.2) is 13.6 Å². The Kier molecular flexibility index (Phi) is 4.13. The Labute approximate surface area is 143 Å². The Hall–Kier alpha value is -2.47. The van der Waals surface area contributed by atoms with Gasteiger partial charge in [0, 0.05) is 13.1 Å². The number of benzene rings is 2. The molecular formula is C19H18F2N2O2. The lowest BCUT2D eigenvalue weighted by molar-refractivity contribution is 0.167. The van der Waals surface area contributed by atoms with Gasteiger partial charge < -0.3 is 4.42 Å². The summed E-state index contributed by atoms with van der Waals surface area (Å²) in [4.78, 5) is 14.4. The van der Waals surface area contributed by atoms with E-state index in [1.807, 2.05) is 18.2 Å². The summed E-state index contributed by atoms with van der Waals surface area (Å²) in [5.41, 5.74) is 2.11. The lowest BCUT2D eigenvalue weighted by atomic mass is 10.0. The molecule has 1 atom stereocenters. The minimum Gasteiger partial charge on any atom is -0.408 e. The number of oxazole rings is 1. The molecule has 1 saturated heterocycles. The molecule has 6 heteroatoms. The molecule has 2 aromatic carbocycles. The molecule has 2 heterocycles. The van der Waals surface area contributed by atoms with Crippen LogP contribution in [0.5, 0.6) is 0 Å². The molecule has 25 heavy (non-hydrogen) atoms. The minimum atomic E-state index is -0.836. The number of nitrogens with zero attached hydrogens (tertiary/aromatic N) is 2. The van der Waals surface area contributed by atoms with E-state index < -0.39 is 11.6 Å². The fourth-order valence-electron chi connectivity index (χ4n) is 3.61. The van der Waals surface area contributed by atoms with Gasteiger partial charge in [-0.1, -0.05) is 18.2 Å². The van der Waals surface area contributed by atoms with Crippen molar-refractivity contribution in [1.29, 1.82) is 0 Å². The van der Waals surface area contributed by atoms with Crippen LogP contribution in [-0.4, -0.2) is 22.6 Å². The van der Waals surface area contributed by atoms with E-state index in [4.69, 9.17) is 4.42 Å². The molecule has 0 spiro atoms. The molecule has 1 fully saturated rings. The zero-order valence-corrected chi connectivity index (χ0v) is 13.6. The zero-order valence-electron chi connectivity index (χ0n) is 13.6. The first-order valence-corrected chi connectivity index (χ1v) is 8.38. The number of likely N-dealkylation sites (tertiary alicyclic amines) is 1. The maximum Gasteiger partial charge on any atom is 0.420 e. The fraction of sp³-hybridized carbons (Fsp3) is 0.316. The van der Waals surface area contributed by atoms with Crippen molar-refractivity contribution >= 4 is 11.1 Å². The van der Waals surface area contributed by atoms with Gasteiger partial charge in [-0.15, -0.1) is 0 Å². The van der Waals surface area contributed by atoms with Crippen LogP contribution in [0.15, 0.2) is 51.7 Å². The number of fused-ring (bicyclic) bond motifs is 1. The first-order valence-electron chi connectivity index (χ1n) is 8.38. The molecule has 0 amide bonds. The quantitative estimate of drug-likeness (QED) is 0.727. The lowest BCUT2D eigenvalue weighted by Crippen LogP contribution is -2.38. The number of hydrogen-bond acceptors (Lipinski definition) is 3. The molecule has 0 N–H and O–H groups in total. The largest absolute Gasteiger partial charge is 0.420 e. The maximum atomic E-state index is 13.4. The Morgan fingerprint density at radius 2 is 1.96 bits per heavy atom. The normalized spacial score (nSPS) is 18.7. The number of piperidine rings is 1. The standard InChI is InChI=1S/C19H18F2N2O2/c20-15-8-7-13(10-16(15)21)11-22-9-3-4-14(12-22)23-17-5-1-2-6-18(17)25-19(23)24/h1-2,5-8,10,14H,3-4,9,11-12H2/t14-/m1/s1. The molecule has 3 aromatic rings. The first-order chi connectivity index (χ1) is 12.1. The molecule has 0 radical (unpaired) electrons. The van der Waals surface area contributed by atoms with Gasteiger partial charge >= 0.3 is 5.76 Å². The summed E-state index contributed by atoms with van der Waals surface area (Å²) >= 11 is 0. The van der Waals surface area contributed by atoms with Crippen molar-refractivity contribution in [2.24, 2.45) is 0 Å². The van der Waals surface area contributed by atoms with Crippen LogP contribution >= 0.6 is 0 Å². The first kappa shape index (κ1) is 16.0. The monoisotopic (exact) mass is 344 g/mol. The molecule has 0 unspecified atom stereocenters. The molecule has 0 bridgehead atoms. The second-order valence-electron chi connectivity index (χ2n) is 6.49. The summed E-state index contributed by atoms with van der Waals surface area (Å²) in [5, 5.41) is 0. The van der Waals surface area contributed by atoms with Gasteiger partial charge in [0.1, 0.15) is 0 Å². The molecule has 4 nitrogen and oxygen atoms in total. The van der Waals surface area contributed by atoms with Gasteiger partial charge in [-0.05, 0) is 49.2 Å². The van der Waals surface area contributed by atoms with Crippen LogP contribution in [0.25, 0.3) is 11.1 Å². The van der Waals surface area contributed by atoms with Crippen LogP contribution in [0.3, 0.4) is 0 Å². The Bertz CT molecular complexity index is 963. The Morgan fingerprint density at radius 3 is 2.80 bits per heavy atom. The van der Waals surface area contributed by atoms with Crippen molar-refractivity contribution in [3.8, 4) is 0 Å². The highest BCUT2D eigenvalue weighted by Gasteiger charge is 2.25. The summed E-state index contributed by atoms with van der Waals surface area (Å²) in [6, 6.07) is 11.4. The smallest absolute Gasteiger partial charge is 0.408 e. The second-order valence-corrected chi connectivity index (χ2v) is 6.49. The predicted molar refractivity (Wildman–Crippen MR) is 90.4 cm³/mol. The van der Waals surface area contributed by atoms with Crippen LogP contribution in [0, 0.1) is 11.6 Å². The summed E-state index contributed by atoms with van der Waals surface area (Å²) in [6.07, 6.45) is 1.82. The highest BCUT2D eigenvalue weighted by Crippen LogP contribution is 2.26. The van der Waals surface area contributed by atoms with E-state index in [-0.39, 0.29) is 11.8 Å². The minimum absolute atomic E-state index is 0.00944. The van der Waals surface area contributed by atoms with Gasteiger partial charge in [0.25, 0.3) is 0 Å². The van der Waals surface area contributed by atoms with Gasteiger partial charge in [-0.2, -0.15) is 0 Å². The zero-order chi connectivity index (χ0) is 17.4. The molecule has 0 aliphatic carbocycles. The molecule has 0 saturated carbocycles. The van der Waals surface area contributed by atoms with Crippen molar-refractivity contribution in [1.82, 2.24) is 9.47 Å².